The van der Waals surface area contributed by atoms with Crippen molar-refractivity contribution in [2.45, 2.75) is 6.92 Å². The number of aromatic nitrogens is 2. The Kier molecular flexibility index (Phi) is 2.38. The molecule has 16 heavy (non-hydrogen) atoms. The van der Waals surface area contributed by atoms with E-state index in [0.717, 1.165) is 0 Å². The topological polar surface area (TPSA) is 43.8 Å². The number of anilines is 1. The van der Waals surface area contributed by atoms with Crippen molar-refractivity contribution in [3.8, 4) is 11.3 Å². The molecule has 0 atom stereocenters. The monoisotopic (exact) mass is 223 g/mol. The maximum Gasteiger partial charge on any atom is 0.129 e. The lowest BCUT2D eigenvalue weighted by molar-refractivity contribution is 0.569. The third kappa shape index (κ3) is 1.64. The lowest BCUT2D eigenvalue weighted by Gasteiger charge is -2.01. The van der Waals surface area contributed by atoms with Crippen LogP contribution in [0.5, 0.6) is 0 Å². The van der Waals surface area contributed by atoms with Crippen molar-refractivity contribution in [1.82, 2.24) is 9.78 Å². The van der Waals surface area contributed by atoms with Crippen LogP contribution in [0.15, 0.2) is 18.2 Å². The third-order valence-corrected chi connectivity index (χ3v) is 2.49. The molecule has 2 aromatic rings. The first-order valence-electron chi connectivity index (χ1n) is 4.74. The predicted octanol–water partition coefficient (Wildman–Crippen LogP) is 2.26. The highest BCUT2D eigenvalue weighted by Crippen LogP contribution is 2.24. The Morgan fingerprint density at radius 1 is 1.19 bits per heavy atom. The summed E-state index contributed by atoms with van der Waals surface area (Å²) in [4.78, 5) is 0. The molecule has 3 nitrogen and oxygen atoms in total. The molecule has 0 aliphatic carbocycles. The molecule has 5 heteroatoms. The summed E-state index contributed by atoms with van der Waals surface area (Å²) in [6.07, 6.45) is 0. The highest BCUT2D eigenvalue weighted by Gasteiger charge is 2.11. The Morgan fingerprint density at radius 2 is 1.75 bits per heavy atom. The molecule has 1 aromatic heterocycles. The molecule has 1 aromatic carbocycles. The lowest BCUT2D eigenvalue weighted by atomic mass is 10.1. The molecule has 0 radical (unpaired) electrons. The lowest BCUT2D eigenvalue weighted by Crippen LogP contribution is -1.96. The number of hydrogen-bond donors (Lipinski definition) is 1. The summed E-state index contributed by atoms with van der Waals surface area (Å²) in [6.45, 7) is 1.39. The standard InChI is InChI=1S/C11H11F2N3/c1-6-8(12)3-7(4-9(6)13)10-5-11(14)16(2)15-10/h3-5H,14H2,1-2H3. The van der Waals surface area contributed by atoms with Gasteiger partial charge in [-0.3, -0.25) is 4.68 Å². The minimum atomic E-state index is -0.584. The Labute approximate surface area is 91.5 Å². The van der Waals surface area contributed by atoms with Crippen LogP contribution in [0.2, 0.25) is 0 Å². The van der Waals surface area contributed by atoms with E-state index >= 15 is 0 Å². The van der Waals surface area contributed by atoms with Gasteiger partial charge in [0.15, 0.2) is 0 Å². The molecule has 0 spiro atoms. The molecule has 1 heterocycles. The second kappa shape index (κ2) is 3.59. The van der Waals surface area contributed by atoms with Crippen molar-refractivity contribution >= 4 is 5.82 Å². The van der Waals surface area contributed by atoms with Crippen LogP contribution in [0, 0.1) is 18.6 Å². The summed E-state index contributed by atoms with van der Waals surface area (Å²) in [7, 11) is 1.67. The highest BCUT2D eigenvalue weighted by molar-refractivity contribution is 5.62. The van der Waals surface area contributed by atoms with Gasteiger partial charge < -0.3 is 5.73 Å². The quantitative estimate of drug-likeness (QED) is 0.805. The van der Waals surface area contributed by atoms with E-state index in [2.05, 4.69) is 5.10 Å². The molecular weight excluding hydrogens is 212 g/mol. The fourth-order valence-corrected chi connectivity index (χ4v) is 1.42. The molecule has 0 aliphatic rings. The number of nitrogens with two attached hydrogens (primary N) is 1. The van der Waals surface area contributed by atoms with E-state index in [9.17, 15) is 8.78 Å². The van der Waals surface area contributed by atoms with Gasteiger partial charge in [0.2, 0.25) is 0 Å². The van der Waals surface area contributed by atoms with Crippen LogP contribution < -0.4 is 5.73 Å². The zero-order valence-corrected chi connectivity index (χ0v) is 8.96. The van der Waals surface area contributed by atoms with Gasteiger partial charge in [0.05, 0.1) is 5.69 Å². The molecule has 2 N–H and O–H groups in total. The second-order valence-corrected chi connectivity index (χ2v) is 3.64. The second-order valence-electron chi connectivity index (χ2n) is 3.64. The SMILES string of the molecule is Cc1c(F)cc(-c2cc(N)n(C)n2)cc1F. The summed E-state index contributed by atoms with van der Waals surface area (Å²) < 4.78 is 28.1. The molecule has 0 unspecified atom stereocenters. The minimum absolute atomic E-state index is 0.00709. The minimum Gasteiger partial charge on any atom is -0.384 e. The zero-order valence-electron chi connectivity index (χ0n) is 8.96. The van der Waals surface area contributed by atoms with Crippen LogP contribution in [0.3, 0.4) is 0 Å². The summed E-state index contributed by atoms with van der Waals surface area (Å²) in [5.74, 6) is -0.727. The van der Waals surface area contributed by atoms with E-state index in [4.69, 9.17) is 5.73 Å². The zero-order chi connectivity index (χ0) is 11.9. The largest absolute Gasteiger partial charge is 0.384 e. The first-order valence-corrected chi connectivity index (χ1v) is 4.74. The fourth-order valence-electron chi connectivity index (χ4n) is 1.42. The summed E-state index contributed by atoms with van der Waals surface area (Å²) >= 11 is 0. The maximum atomic E-state index is 13.3. The van der Waals surface area contributed by atoms with Crippen molar-refractivity contribution in [3.63, 3.8) is 0 Å². The van der Waals surface area contributed by atoms with Gasteiger partial charge in [0.1, 0.15) is 17.5 Å². The molecular formula is C11H11F2N3. The van der Waals surface area contributed by atoms with Crippen molar-refractivity contribution < 1.29 is 8.78 Å². The Bertz CT molecular complexity index is 504. The first-order chi connectivity index (χ1) is 7.49. The highest BCUT2D eigenvalue weighted by atomic mass is 19.1. The fraction of sp³-hybridized carbons (Fsp3) is 0.182. The first kappa shape index (κ1) is 10.6. The average Bonchev–Trinajstić information content (AvgIpc) is 2.55. The number of aryl methyl sites for hydroxylation is 1. The van der Waals surface area contributed by atoms with Gasteiger partial charge in [-0.25, -0.2) is 8.78 Å². The molecule has 0 aliphatic heterocycles. The molecule has 0 fully saturated rings. The number of hydrogen-bond acceptors (Lipinski definition) is 2. The number of benzene rings is 1. The van der Waals surface area contributed by atoms with Gasteiger partial charge in [-0.2, -0.15) is 5.10 Å². The molecule has 2 rings (SSSR count). The number of rotatable bonds is 1. The van der Waals surface area contributed by atoms with Crippen molar-refractivity contribution in [2.24, 2.45) is 7.05 Å². The van der Waals surface area contributed by atoms with Crippen molar-refractivity contribution in [3.05, 3.63) is 35.4 Å². The third-order valence-electron chi connectivity index (χ3n) is 2.49. The van der Waals surface area contributed by atoms with E-state index < -0.39 is 11.6 Å². The molecule has 0 bridgehead atoms. The van der Waals surface area contributed by atoms with Crippen molar-refractivity contribution in [1.29, 1.82) is 0 Å². The molecule has 0 saturated carbocycles. The van der Waals surface area contributed by atoms with Gasteiger partial charge in [-0.15, -0.1) is 0 Å². The summed E-state index contributed by atoms with van der Waals surface area (Å²) in [5.41, 5.74) is 6.44. The van der Waals surface area contributed by atoms with Crippen LogP contribution in [-0.4, -0.2) is 9.78 Å². The average molecular weight is 223 g/mol. The van der Waals surface area contributed by atoms with Gasteiger partial charge in [0, 0.05) is 24.2 Å². The van der Waals surface area contributed by atoms with Crippen LogP contribution in [0.4, 0.5) is 14.6 Å². The predicted molar refractivity (Wildman–Crippen MR) is 57.7 cm³/mol. The summed E-state index contributed by atoms with van der Waals surface area (Å²) in [5, 5.41) is 4.05. The van der Waals surface area contributed by atoms with E-state index in [1.165, 1.54) is 23.7 Å². The Morgan fingerprint density at radius 3 is 2.19 bits per heavy atom. The number of halogens is 2. The van der Waals surface area contributed by atoms with Crippen LogP contribution in [-0.2, 0) is 7.05 Å². The van der Waals surface area contributed by atoms with Gasteiger partial charge in [-0.1, -0.05) is 0 Å². The van der Waals surface area contributed by atoms with E-state index in [1.807, 2.05) is 0 Å². The number of nitrogens with zero attached hydrogens (tertiary/aromatic N) is 2. The van der Waals surface area contributed by atoms with Crippen molar-refractivity contribution in [2.75, 3.05) is 5.73 Å². The molecule has 0 amide bonds. The van der Waals surface area contributed by atoms with E-state index in [0.29, 0.717) is 17.1 Å². The maximum absolute atomic E-state index is 13.3. The number of nitrogen functional groups attached to an aromatic ring is 1. The van der Waals surface area contributed by atoms with E-state index in [-0.39, 0.29) is 5.56 Å². The Hall–Kier alpha value is -1.91. The van der Waals surface area contributed by atoms with Crippen LogP contribution in [0.25, 0.3) is 11.3 Å². The van der Waals surface area contributed by atoms with Gasteiger partial charge >= 0.3 is 0 Å². The summed E-state index contributed by atoms with van der Waals surface area (Å²) in [6, 6.07) is 4.07. The normalized spacial score (nSPS) is 10.8. The smallest absolute Gasteiger partial charge is 0.129 e. The Balaban J connectivity index is 2.56. The van der Waals surface area contributed by atoms with Crippen LogP contribution >= 0.6 is 0 Å². The van der Waals surface area contributed by atoms with Gasteiger partial charge in [-0.05, 0) is 19.1 Å². The van der Waals surface area contributed by atoms with Gasteiger partial charge in [0.25, 0.3) is 0 Å². The molecule has 0 saturated heterocycles. The van der Waals surface area contributed by atoms with E-state index in [1.54, 1.807) is 13.1 Å². The molecule has 84 valence electrons. The van der Waals surface area contributed by atoms with Crippen LogP contribution in [0.1, 0.15) is 5.56 Å².